The van der Waals surface area contributed by atoms with Gasteiger partial charge in [-0.15, -0.1) is 0 Å². The summed E-state index contributed by atoms with van der Waals surface area (Å²) < 4.78 is 10.1. The molecule has 0 bridgehead atoms. The summed E-state index contributed by atoms with van der Waals surface area (Å²) in [4.78, 5) is 17.0. The van der Waals surface area contributed by atoms with E-state index >= 15 is 0 Å². The van der Waals surface area contributed by atoms with Gasteiger partial charge in [-0.1, -0.05) is 41.5 Å². The maximum atomic E-state index is 12.6. The quantitative estimate of drug-likeness (QED) is 0.548. The minimum Gasteiger partial charge on any atom is -0.451 e. The van der Waals surface area contributed by atoms with Gasteiger partial charge in [-0.3, -0.25) is 10.1 Å². The van der Waals surface area contributed by atoms with E-state index in [0.717, 1.165) is 33.6 Å². The molecule has 26 heavy (non-hydrogen) atoms. The molecule has 2 heterocycles. The van der Waals surface area contributed by atoms with Gasteiger partial charge in [-0.05, 0) is 32.9 Å². The van der Waals surface area contributed by atoms with Gasteiger partial charge >= 0.3 is 0 Å². The lowest BCUT2D eigenvalue weighted by atomic mass is 10.1. The molecule has 6 heteroatoms. The fourth-order valence-electron chi connectivity index (χ4n) is 2.80. The van der Waals surface area contributed by atoms with Crippen LogP contribution < -0.4 is 5.32 Å². The predicted octanol–water partition coefficient (Wildman–Crippen LogP) is 5.13. The second-order valence-electron chi connectivity index (χ2n) is 6.30. The van der Waals surface area contributed by atoms with E-state index in [4.69, 9.17) is 4.42 Å². The van der Waals surface area contributed by atoms with Gasteiger partial charge in [0.25, 0.3) is 5.91 Å². The Balaban J connectivity index is 1.59. The summed E-state index contributed by atoms with van der Waals surface area (Å²) >= 11 is 1.15. The normalized spacial score (nSPS) is 11.0. The van der Waals surface area contributed by atoms with Crippen LogP contribution in [-0.2, 0) is 0 Å². The Morgan fingerprint density at radius 3 is 2.54 bits per heavy atom. The number of aromatic nitrogens is 2. The third kappa shape index (κ3) is 2.99. The molecular formula is C20H17N3O2S. The van der Waals surface area contributed by atoms with Crippen LogP contribution >= 0.6 is 11.5 Å². The molecule has 0 aliphatic carbocycles. The number of rotatable bonds is 3. The van der Waals surface area contributed by atoms with Crippen molar-refractivity contribution in [1.29, 1.82) is 0 Å². The van der Waals surface area contributed by atoms with E-state index in [-0.39, 0.29) is 5.91 Å². The fourth-order valence-corrected chi connectivity index (χ4v) is 3.38. The van der Waals surface area contributed by atoms with Crippen molar-refractivity contribution in [3.63, 3.8) is 0 Å². The topological polar surface area (TPSA) is 68.0 Å². The van der Waals surface area contributed by atoms with Crippen LogP contribution in [0.2, 0.25) is 0 Å². The number of aryl methyl sites for hydroxylation is 3. The van der Waals surface area contributed by atoms with Gasteiger partial charge in [-0.2, -0.15) is 9.36 Å². The van der Waals surface area contributed by atoms with Gasteiger partial charge in [0.05, 0.1) is 0 Å². The largest absolute Gasteiger partial charge is 0.451 e. The summed E-state index contributed by atoms with van der Waals surface area (Å²) in [6, 6.07) is 13.8. The highest BCUT2D eigenvalue weighted by Crippen LogP contribution is 2.27. The van der Waals surface area contributed by atoms with E-state index in [1.54, 1.807) is 0 Å². The Bertz CT molecular complexity index is 1110. The molecule has 130 valence electrons. The third-order valence-corrected chi connectivity index (χ3v) is 4.88. The van der Waals surface area contributed by atoms with Crippen molar-refractivity contribution in [3.8, 4) is 11.4 Å². The Morgan fingerprint density at radius 1 is 1.04 bits per heavy atom. The summed E-state index contributed by atoms with van der Waals surface area (Å²) in [6.07, 6.45) is 0. The van der Waals surface area contributed by atoms with E-state index in [1.165, 1.54) is 5.56 Å². The molecule has 1 N–H and O–H groups in total. The summed E-state index contributed by atoms with van der Waals surface area (Å²) in [7, 11) is 0. The number of nitrogens with zero attached hydrogens (tertiary/aromatic N) is 2. The monoisotopic (exact) mass is 363 g/mol. The Morgan fingerprint density at radius 2 is 1.77 bits per heavy atom. The smallest absolute Gasteiger partial charge is 0.293 e. The molecule has 0 saturated carbocycles. The molecule has 0 aliphatic heterocycles. The predicted molar refractivity (Wildman–Crippen MR) is 104 cm³/mol. The van der Waals surface area contributed by atoms with Crippen molar-refractivity contribution < 1.29 is 9.21 Å². The van der Waals surface area contributed by atoms with Crippen molar-refractivity contribution in [2.75, 3.05) is 5.32 Å². The summed E-state index contributed by atoms with van der Waals surface area (Å²) in [5.74, 6) is 0.586. The molecule has 2 aromatic carbocycles. The zero-order valence-electron chi connectivity index (χ0n) is 14.7. The number of hydrogen-bond donors (Lipinski definition) is 1. The molecule has 0 unspecified atom stereocenters. The molecule has 0 aliphatic rings. The van der Waals surface area contributed by atoms with Gasteiger partial charge in [-0.25, -0.2) is 0 Å². The highest BCUT2D eigenvalue weighted by molar-refractivity contribution is 7.10. The van der Waals surface area contributed by atoms with Crippen molar-refractivity contribution in [1.82, 2.24) is 9.36 Å². The van der Waals surface area contributed by atoms with Crippen molar-refractivity contribution in [2.24, 2.45) is 0 Å². The first-order valence-corrected chi connectivity index (χ1v) is 9.00. The first kappa shape index (κ1) is 16.5. The first-order chi connectivity index (χ1) is 12.5. The number of furan rings is 1. The molecule has 0 saturated heterocycles. The van der Waals surface area contributed by atoms with Crippen molar-refractivity contribution >= 4 is 33.5 Å². The van der Waals surface area contributed by atoms with Crippen LogP contribution in [0.4, 0.5) is 5.13 Å². The van der Waals surface area contributed by atoms with E-state index < -0.39 is 0 Å². The molecule has 0 atom stereocenters. The molecule has 1 amide bonds. The lowest BCUT2D eigenvalue weighted by Crippen LogP contribution is -2.11. The van der Waals surface area contributed by atoms with E-state index in [2.05, 4.69) is 14.7 Å². The van der Waals surface area contributed by atoms with Crippen LogP contribution in [0.3, 0.4) is 0 Å². The second-order valence-corrected chi connectivity index (χ2v) is 7.05. The maximum absolute atomic E-state index is 12.6. The number of carbonyl (C=O) groups excluding carboxylic acids is 1. The van der Waals surface area contributed by atoms with Crippen LogP contribution in [0.25, 0.3) is 22.4 Å². The Kier molecular flexibility index (Phi) is 4.05. The minimum atomic E-state index is -0.317. The van der Waals surface area contributed by atoms with Crippen LogP contribution in [0.15, 0.2) is 46.9 Å². The van der Waals surface area contributed by atoms with Gasteiger partial charge < -0.3 is 4.42 Å². The standard InChI is InChI=1S/C20H17N3O2S/c1-11-4-7-14(8-5-11)18-21-20(26-23-18)22-19(24)17-13(3)15-10-12(2)6-9-16(15)25-17/h4-10H,1-3H3,(H,21,22,23,24). The number of benzene rings is 2. The summed E-state index contributed by atoms with van der Waals surface area (Å²) in [5.41, 5.74) is 4.75. The molecule has 4 aromatic rings. The van der Waals surface area contributed by atoms with Crippen LogP contribution in [-0.4, -0.2) is 15.3 Å². The number of hydrogen-bond acceptors (Lipinski definition) is 5. The van der Waals surface area contributed by atoms with E-state index in [1.807, 2.05) is 63.2 Å². The molecule has 0 radical (unpaired) electrons. The molecule has 4 rings (SSSR count). The molecule has 2 aromatic heterocycles. The molecule has 0 spiro atoms. The van der Waals surface area contributed by atoms with Crippen LogP contribution in [0, 0.1) is 20.8 Å². The van der Waals surface area contributed by atoms with Crippen LogP contribution in [0.5, 0.6) is 0 Å². The molecule has 0 fully saturated rings. The Labute approximate surface area is 154 Å². The van der Waals surface area contributed by atoms with Gasteiger partial charge in [0.1, 0.15) is 5.58 Å². The second kappa shape index (κ2) is 6.38. The SMILES string of the molecule is Cc1ccc(-c2nsc(NC(=O)c3oc4ccc(C)cc4c3C)n2)cc1. The zero-order valence-corrected chi connectivity index (χ0v) is 15.5. The number of nitrogens with one attached hydrogen (secondary N) is 1. The lowest BCUT2D eigenvalue weighted by Gasteiger charge is -1.99. The summed E-state index contributed by atoms with van der Waals surface area (Å²) in [5, 5.41) is 4.19. The number of carbonyl (C=O) groups is 1. The molecular weight excluding hydrogens is 346 g/mol. The van der Waals surface area contributed by atoms with Gasteiger partial charge in [0.15, 0.2) is 11.6 Å². The van der Waals surface area contributed by atoms with Gasteiger partial charge in [0, 0.05) is 28.0 Å². The number of fused-ring (bicyclic) bond motifs is 1. The lowest BCUT2D eigenvalue weighted by molar-refractivity contribution is 0.0998. The number of amides is 1. The van der Waals surface area contributed by atoms with Crippen molar-refractivity contribution in [2.45, 2.75) is 20.8 Å². The average Bonchev–Trinajstić information content (AvgIpc) is 3.21. The van der Waals surface area contributed by atoms with Crippen molar-refractivity contribution in [3.05, 3.63) is 64.9 Å². The van der Waals surface area contributed by atoms with Gasteiger partial charge in [0.2, 0.25) is 5.13 Å². The average molecular weight is 363 g/mol. The highest BCUT2D eigenvalue weighted by atomic mass is 32.1. The maximum Gasteiger partial charge on any atom is 0.293 e. The number of anilines is 1. The fraction of sp³-hybridized carbons (Fsp3) is 0.150. The van der Waals surface area contributed by atoms with E-state index in [9.17, 15) is 4.79 Å². The zero-order chi connectivity index (χ0) is 18.3. The van der Waals surface area contributed by atoms with E-state index in [0.29, 0.717) is 22.3 Å². The highest BCUT2D eigenvalue weighted by Gasteiger charge is 2.19. The van der Waals surface area contributed by atoms with Crippen LogP contribution in [0.1, 0.15) is 27.2 Å². The first-order valence-electron chi connectivity index (χ1n) is 8.23. The molecule has 5 nitrogen and oxygen atoms in total. The Hall–Kier alpha value is -2.99. The third-order valence-electron chi connectivity index (χ3n) is 4.25. The summed E-state index contributed by atoms with van der Waals surface area (Å²) in [6.45, 7) is 5.93. The minimum absolute atomic E-state index is 0.303.